The third-order valence-corrected chi connectivity index (χ3v) is 3.44. The summed E-state index contributed by atoms with van der Waals surface area (Å²) in [4.78, 5) is 16.2. The van der Waals surface area contributed by atoms with Crippen molar-refractivity contribution in [2.24, 2.45) is 0 Å². The highest BCUT2D eigenvalue weighted by Gasteiger charge is 2.40. The van der Waals surface area contributed by atoms with Crippen LogP contribution in [0.3, 0.4) is 0 Å². The van der Waals surface area contributed by atoms with Gasteiger partial charge >= 0.3 is 0 Å². The van der Waals surface area contributed by atoms with E-state index in [2.05, 4.69) is 22.4 Å². The van der Waals surface area contributed by atoms with Crippen molar-refractivity contribution in [1.29, 1.82) is 0 Å². The predicted octanol–water partition coefficient (Wildman–Crippen LogP) is 2.58. The molecular formula is C15H16N2O2. The first kappa shape index (κ1) is 12.0. The fourth-order valence-electron chi connectivity index (χ4n) is 2.40. The monoisotopic (exact) mass is 256 g/mol. The lowest BCUT2D eigenvalue weighted by molar-refractivity contribution is 0.0920. The molecule has 0 aliphatic heterocycles. The van der Waals surface area contributed by atoms with Gasteiger partial charge in [0, 0.05) is 18.9 Å². The summed E-state index contributed by atoms with van der Waals surface area (Å²) in [5, 5.41) is 3.00. The normalized spacial score (nSPS) is 21.2. The zero-order valence-electron chi connectivity index (χ0n) is 11.0. The van der Waals surface area contributed by atoms with Crippen LogP contribution in [0.5, 0.6) is 0 Å². The zero-order valence-corrected chi connectivity index (χ0v) is 11.0. The second kappa shape index (κ2) is 4.53. The summed E-state index contributed by atoms with van der Waals surface area (Å²) in [5.74, 6) is 1.12. The third kappa shape index (κ3) is 2.38. The van der Waals surface area contributed by atoms with E-state index >= 15 is 0 Å². The van der Waals surface area contributed by atoms with Crippen molar-refractivity contribution in [3.8, 4) is 0 Å². The quantitative estimate of drug-likeness (QED) is 0.918. The first-order chi connectivity index (χ1) is 9.15. The van der Waals surface area contributed by atoms with Gasteiger partial charge in [0.05, 0.1) is 5.69 Å². The average Bonchev–Trinajstić information content (AvgIpc) is 3.07. The molecule has 1 aliphatic rings. The maximum atomic E-state index is 12.1. The van der Waals surface area contributed by atoms with E-state index in [1.54, 1.807) is 13.8 Å². The maximum Gasteiger partial charge on any atom is 0.289 e. The summed E-state index contributed by atoms with van der Waals surface area (Å²) < 4.78 is 5.32. The number of rotatable bonds is 3. The molecule has 1 amide bonds. The number of nitrogens with zero attached hydrogens (tertiary/aromatic N) is 1. The predicted molar refractivity (Wildman–Crippen MR) is 71.0 cm³/mol. The van der Waals surface area contributed by atoms with Crippen LogP contribution in [-0.2, 0) is 0 Å². The van der Waals surface area contributed by atoms with Gasteiger partial charge in [0.2, 0.25) is 5.76 Å². The molecule has 1 saturated carbocycles. The Bertz CT molecular complexity index is 604. The minimum atomic E-state index is -0.165. The Morgan fingerprint density at radius 3 is 2.68 bits per heavy atom. The number of hydrogen-bond acceptors (Lipinski definition) is 3. The highest BCUT2D eigenvalue weighted by Crippen LogP contribution is 2.40. The van der Waals surface area contributed by atoms with Crippen molar-refractivity contribution in [3.05, 3.63) is 53.2 Å². The van der Waals surface area contributed by atoms with Crippen molar-refractivity contribution >= 4 is 5.91 Å². The molecule has 2 aromatic rings. The summed E-state index contributed by atoms with van der Waals surface area (Å²) in [7, 11) is 0. The number of benzene rings is 1. The SMILES string of the molecule is Cc1nc(C)c(C(=O)NC2CC2c2ccccc2)o1. The summed E-state index contributed by atoms with van der Waals surface area (Å²) in [6.07, 6.45) is 0.988. The van der Waals surface area contributed by atoms with Gasteiger partial charge in [0.15, 0.2) is 5.89 Å². The molecule has 4 heteroatoms. The summed E-state index contributed by atoms with van der Waals surface area (Å²) in [6, 6.07) is 10.5. The second-order valence-corrected chi connectivity index (χ2v) is 4.98. The summed E-state index contributed by atoms with van der Waals surface area (Å²) >= 11 is 0. The average molecular weight is 256 g/mol. The van der Waals surface area contributed by atoms with Gasteiger partial charge in [-0.3, -0.25) is 4.79 Å². The number of carbonyl (C=O) groups is 1. The van der Waals surface area contributed by atoms with E-state index < -0.39 is 0 Å². The molecule has 4 nitrogen and oxygen atoms in total. The van der Waals surface area contributed by atoms with Crippen LogP contribution < -0.4 is 5.32 Å². The number of nitrogens with one attached hydrogen (secondary N) is 1. The first-order valence-corrected chi connectivity index (χ1v) is 6.45. The Balaban J connectivity index is 1.65. The maximum absolute atomic E-state index is 12.1. The highest BCUT2D eigenvalue weighted by atomic mass is 16.4. The van der Waals surface area contributed by atoms with Crippen LogP contribution in [0, 0.1) is 13.8 Å². The van der Waals surface area contributed by atoms with Crippen LogP contribution in [0.4, 0.5) is 0 Å². The molecule has 2 atom stereocenters. The standard InChI is InChI=1S/C15H16N2O2/c1-9-14(19-10(2)16-9)15(18)17-13-8-12(13)11-6-4-3-5-7-11/h3-7,12-13H,8H2,1-2H3,(H,17,18). The first-order valence-electron chi connectivity index (χ1n) is 6.45. The molecule has 98 valence electrons. The molecule has 1 fully saturated rings. The van der Waals surface area contributed by atoms with Gasteiger partial charge in [-0.15, -0.1) is 0 Å². The van der Waals surface area contributed by atoms with E-state index in [0.29, 0.717) is 23.3 Å². The van der Waals surface area contributed by atoms with E-state index in [1.165, 1.54) is 5.56 Å². The lowest BCUT2D eigenvalue weighted by atomic mass is 10.1. The van der Waals surface area contributed by atoms with Gasteiger partial charge in [-0.1, -0.05) is 30.3 Å². The number of hydrogen-bond donors (Lipinski definition) is 1. The minimum Gasteiger partial charge on any atom is -0.436 e. The molecule has 1 aromatic heterocycles. The topological polar surface area (TPSA) is 55.1 Å². The molecule has 3 rings (SSSR count). The Hall–Kier alpha value is -2.10. The van der Waals surface area contributed by atoms with Crippen LogP contribution in [0.2, 0.25) is 0 Å². The summed E-state index contributed by atoms with van der Waals surface area (Å²) in [5.41, 5.74) is 1.92. The van der Waals surface area contributed by atoms with E-state index in [4.69, 9.17) is 4.42 Å². The van der Waals surface area contributed by atoms with Crippen molar-refractivity contribution in [1.82, 2.24) is 10.3 Å². The van der Waals surface area contributed by atoms with E-state index in [9.17, 15) is 4.79 Å². The Morgan fingerprint density at radius 1 is 1.32 bits per heavy atom. The number of amides is 1. The van der Waals surface area contributed by atoms with Gasteiger partial charge in [-0.05, 0) is 18.9 Å². The Labute approximate surface area is 111 Å². The molecule has 0 saturated heterocycles. The Morgan fingerprint density at radius 2 is 2.05 bits per heavy atom. The molecule has 1 heterocycles. The molecule has 0 radical (unpaired) electrons. The van der Waals surface area contributed by atoms with Crippen LogP contribution >= 0.6 is 0 Å². The van der Waals surface area contributed by atoms with Gasteiger partial charge in [0.25, 0.3) is 5.91 Å². The highest BCUT2D eigenvalue weighted by molar-refractivity contribution is 5.92. The lowest BCUT2D eigenvalue weighted by Gasteiger charge is -2.03. The smallest absolute Gasteiger partial charge is 0.289 e. The van der Waals surface area contributed by atoms with Crippen LogP contribution in [0.15, 0.2) is 34.7 Å². The zero-order chi connectivity index (χ0) is 13.4. The van der Waals surface area contributed by atoms with E-state index in [-0.39, 0.29) is 11.9 Å². The van der Waals surface area contributed by atoms with Crippen molar-refractivity contribution < 1.29 is 9.21 Å². The van der Waals surface area contributed by atoms with Crippen LogP contribution in [-0.4, -0.2) is 16.9 Å². The lowest BCUT2D eigenvalue weighted by Crippen LogP contribution is -2.26. The van der Waals surface area contributed by atoms with Crippen molar-refractivity contribution in [2.75, 3.05) is 0 Å². The number of aryl methyl sites for hydroxylation is 2. The fourth-order valence-corrected chi connectivity index (χ4v) is 2.40. The summed E-state index contributed by atoms with van der Waals surface area (Å²) in [6.45, 7) is 3.53. The largest absolute Gasteiger partial charge is 0.436 e. The molecule has 1 aliphatic carbocycles. The molecule has 2 unspecified atom stereocenters. The van der Waals surface area contributed by atoms with Gasteiger partial charge in [0.1, 0.15) is 0 Å². The number of oxazole rings is 1. The molecule has 0 spiro atoms. The second-order valence-electron chi connectivity index (χ2n) is 4.98. The molecule has 1 aromatic carbocycles. The Kier molecular flexibility index (Phi) is 2.85. The van der Waals surface area contributed by atoms with Gasteiger partial charge in [-0.25, -0.2) is 4.98 Å². The van der Waals surface area contributed by atoms with E-state index in [0.717, 1.165) is 6.42 Å². The number of carbonyl (C=O) groups excluding carboxylic acids is 1. The molecular weight excluding hydrogens is 240 g/mol. The van der Waals surface area contributed by atoms with Gasteiger partial charge < -0.3 is 9.73 Å². The van der Waals surface area contributed by atoms with E-state index in [1.807, 2.05) is 18.2 Å². The fraction of sp³-hybridized carbons (Fsp3) is 0.333. The van der Waals surface area contributed by atoms with Crippen LogP contribution in [0.1, 0.15) is 40.0 Å². The van der Waals surface area contributed by atoms with Gasteiger partial charge in [-0.2, -0.15) is 0 Å². The minimum absolute atomic E-state index is 0.165. The molecule has 1 N–H and O–H groups in total. The van der Waals surface area contributed by atoms with Crippen molar-refractivity contribution in [3.63, 3.8) is 0 Å². The third-order valence-electron chi connectivity index (χ3n) is 3.44. The molecule has 0 bridgehead atoms. The van der Waals surface area contributed by atoms with Crippen LogP contribution in [0.25, 0.3) is 0 Å². The number of aromatic nitrogens is 1. The van der Waals surface area contributed by atoms with Crippen molar-refractivity contribution in [2.45, 2.75) is 32.2 Å². The molecule has 19 heavy (non-hydrogen) atoms.